The third-order valence-electron chi connectivity index (χ3n) is 3.58. The van der Waals surface area contributed by atoms with Crippen molar-refractivity contribution < 1.29 is 22.5 Å². The first-order chi connectivity index (χ1) is 11.1. The van der Waals surface area contributed by atoms with Crippen LogP contribution < -0.4 is 10.9 Å². The molecule has 1 N–H and O–H groups in total. The van der Waals surface area contributed by atoms with E-state index in [0.717, 1.165) is 16.9 Å². The third kappa shape index (κ3) is 3.69. The molecule has 0 saturated carbocycles. The maximum Gasteiger partial charge on any atom is 0.416 e. The SMILES string of the molecule is Cc1c(C(C)C)c(=O)on1C(=O)NCc1ccc(C(F)(F)F)cc1. The van der Waals surface area contributed by atoms with Gasteiger partial charge in [-0.15, -0.1) is 4.74 Å². The highest BCUT2D eigenvalue weighted by Gasteiger charge is 2.30. The molecule has 0 spiro atoms. The van der Waals surface area contributed by atoms with Gasteiger partial charge in [0.15, 0.2) is 0 Å². The van der Waals surface area contributed by atoms with Gasteiger partial charge in [-0.2, -0.15) is 13.2 Å². The van der Waals surface area contributed by atoms with Gasteiger partial charge in [-0.1, -0.05) is 26.0 Å². The predicted octanol–water partition coefficient (Wildman–Crippen LogP) is 3.65. The highest BCUT2D eigenvalue weighted by Crippen LogP contribution is 2.29. The molecule has 0 bridgehead atoms. The topological polar surface area (TPSA) is 64.2 Å². The Balaban J connectivity index is 2.09. The van der Waals surface area contributed by atoms with Crippen molar-refractivity contribution in [1.82, 2.24) is 10.1 Å². The molecule has 0 fully saturated rings. The molecule has 0 unspecified atom stereocenters. The number of alkyl halides is 3. The van der Waals surface area contributed by atoms with E-state index >= 15 is 0 Å². The fourth-order valence-corrected chi connectivity index (χ4v) is 2.37. The van der Waals surface area contributed by atoms with Gasteiger partial charge >= 0.3 is 17.8 Å². The molecule has 1 aromatic carbocycles. The molecule has 0 saturated heterocycles. The maximum absolute atomic E-state index is 12.5. The minimum Gasteiger partial charge on any atom is -0.331 e. The Kier molecular flexibility index (Phi) is 4.86. The summed E-state index contributed by atoms with van der Waals surface area (Å²) in [4.78, 5) is 23.8. The summed E-state index contributed by atoms with van der Waals surface area (Å²) >= 11 is 0. The standard InChI is InChI=1S/C16H17F3N2O3/c1-9(2)13-10(3)21(24-14(13)22)15(23)20-8-11-4-6-12(7-5-11)16(17,18)19/h4-7,9H,8H2,1-3H3,(H,20,23). The molecule has 0 aliphatic heterocycles. The van der Waals surface area contributed by atoms with E-state index in [0.29, 0.717) is 16.8 Å². The molecule has 2 rings (SSSR count). The van der Waals surface area contributed by atoms with Crippen LogP contribution in [0.2, 0.25) is 0 Å². The van der Waals surface area contributed by atoms with Crippen molar-refractivity contribution in [3.05, 3.63) is 57.1 Å². The van der Waals surface area contributed by atoms with Crippen molar-refractivity contribution in [1.29, 1.82) is 0 Å². The number of aromatic nitrogens is 1. The molecule has 5 nitrogen and oxygen atoms in total. The summed E-state index contributed by atoms with van der Waals surface area (Å²) in [5.74, 6) is -0.0924. The van der Waals surface area contributed by atoms with Crippen LogP contribution in [0.4, 0.5) is 18.0 Å². The minimum atomic E-state index is -4.40. The van der Waals surface area contributed by atoms with Crippen LogP contribution >= 0.6 is 0 Å². The molecule has 2 aromatic rings. The fourth-order valence-electron chi connectivity index (χ4n) is 2.37. The Hall–Kier alpha value is -2.51. The van der Waals surface area contributed by atoms with Gasteiger partial charge in [0.2, 0.25) is 0 Å². The predicted molar refractivity (Wildman–Crippen MR) is 80.9 cm³/mol. The van der Waals surface area contributed by atoms with Crippen LogP contribution in [0.3, 0.4) is 0 Å². The summed E-state index contributed by atoms with van der Waals surface area (Å²) < 4.78 is 43.3. The van der Waals surface area contributed by atoms with Gasteiger partial charge in [0.1, 0.15) is 0 Å². The van der Waals surface area contributed by atoms with Crippen molar-refractivity contribution in [3.63, 3.8) is 0 Å². The van der Waals surface area contributed by atoms with E-state index in [1.54, 1.807) is 6.92 Å². The van der Waals surface area contributed by atoms with E-state index < -0.39 is 23.4 Å². The highest BCUT2D eigenvalue weighted by atomic mass is 19.4. The number of benzene rings is 1. The number of carbonyl (C=O) groups excluding carboxylic acids is 1. The zero-order valence-electron chi connectivity index (χ0n) is 13.4. The molecule has 1 aromatic heterocycles. The Labute approximate surface area is 136 Å². The lowest BCUT2D eigenvalue weighted by atomic mass is 10.1. The van der Waals surface area contributed by atoms with Crippen LogP contribution in [-0.2, 0) is 12.7 Å². The zero-order valence-corrected chi connectivity index (χ0v) is 13.4. The van der Waals surface area contributed by atoms with Gasteiger partial charge in [-0.25, -0.2) is 9.59 Å². The summed E-state index contributed by atoms with van der Waals surface area (Å²) in [5.41, 5.74) is -0.0224. The highest BCUT2D eigenvalue weighted by molar-refractivity contribution is 5.76. The lowest BCUT2D eigenvalue weighted by Crippen LogP contribution is -2.28. The summed E-state index contributed by atoms with van der Waals surface area (Å²) in [6, 6.07) is 3.79. The molecule has 1 heterocycles. The molecule has 0 aliphatic rings. The maximum atomic E-state index is 12.5. The van der Waals surface area contributed by atoms with Gasteiger partial charge < -0.3 is 9.84 Å². The molecular formula is C16H17F3N2O3. The van der Waals surface area contributed by atoms with Gasteiger partial charge in [0.05, 0.1) is 16.8 Å². The van der Waals surface area contributed by atoms with Crippen molar-refractivity contribution in [2.24, 2.45) is 0 Å². The van der Waals surface area contributed by atoms with Crippen molar-refractivity contribution >= 4 is 6.03 Å². The number of hydrogen-bond acceptors (Lipinski definition) is 3. The second-order valence-corrected chi connectivity index (χ2v) is 5.68. The van der Waals surface area contributed by atoms with Crippen LogP contribution in [0.25, 0.3) is 0 Å². The number of carbonyl (C=O) groups is 1. The first-order valence-corrected chi connectivity index (χ1v) is 7.28. The Bertz CT molecular complexity index is 786. The molecule has 130 valence electrons. The molecule has 1 amide bonds. The van der Waals surface area contributed by atoms with E-state index in [2.05, 4.69) is 5.32 Å². The largest absolute Gasteiger partial charge is 0.416 e. The van der Waals surface area contributed by atoms with Gasteiger partial charge in [-0.05, 0) is 30.5 Å². The molecule has 0 radical (unpaired) electrons. The summed E-state index contributed by atoms with van der Waals surface area (Å²) in [5, 5.41) is 2.50. The van der Waals surface area contributed by atoms with Crippen LogP contribution in [0.5, 0.6) is 0 Å². The lowest BCUT2D eigenvalue weighted by Gasteiger charge is -2.09. The number of hydrogen-bond donors (Lipinski definition) is 1. The van der Waals surface area contributed by atoms with Gasteiger partial charge in [0, 0.05) is 6.54 Å². The van der Waals surface area contributed by atoms with Crippen molar-refractivity contribution in [3.8, 4) is 0 Å². The lowest BCUT2D eigenvalue weighted by molar-refractivity contribution is -0.137. The zero-order chi connectivity index (χ0) is 18.1. The summed E-state index contributed by atoms with van der Waals surface area (Å²) in [6.07, 6.45) is -4.40. The number of amides is 1. The second kappa shape index (κ2) is 6.54. The Morgan fingerprint density at radius 1 is 1.25 bits per heavy atom. The van der Waals surface area contributed by atoms with Crippen LogP contribution in [0.15, 0.2) is 33.6 Å². The smallest absolute Gasteiger partial charge is 0.331 e. The van der Waals surface area contributed by atoms with E-state index in [9.17, 15) is 22.8 Å². The number of nitrogens with one attached hydrogen (secondary N) is 1. The molecule has 0 atom stereocenters. The van der Waals surface area contributed by atoms with Gasteiger partial charge in [-0.3, -0.25) is 0 Å². The van der Waals surface area contributed by atoms with Crippen molar-refractivity contribution in [2.45, 2.75) is 39.4 Å². The molecular weight excluding hydrogens is 325 g/mol. The van der Waals surface area contributed by atoms with E-state index in [-0.39, 0.29) is 12.5 Å². The molecule has 0 aliphatic carbocycles. The third-order valence-corrected chi connectivity index (χ3v) is 3.58. The van der Waals surface area contributed by atoms with E-state index in [4.69, 9.17) is 4.52 Å². The normalized spacial score (nSPS) is 11.8. The minimum absolute atomic E-state index is 0.00924. The first kappa shape index (κ1) is 17.8. The average molecular weight is 342 g/mol. The van der Waals surface area contributed by atoms with Crippen LogP contribution in [-0.4, -0.2) is 10.8 Å². The second-order valence-electron chi connectivity index (χ2n) is 5.68. The Morgan fingerprint density at radius 2 is 1.83 bits per heavy atom. The van der Waals surface area contributed by atoms with Crippen molar-refractivity contribution in [2.75, 3.05) is 0 Å². The Morgan fingerprint density at radius 3 is 2.29 bits per heavy atom. The summed E-state index contributed by atoms with van der Waals surface area (Å²) in [7, 11) is 0. The molecule has 24 heavy (non-hydrogen) atoms. The van der Waals surface area contributed by atoms with Gasteiger partial charge in [0.25, 0.3) is 0 Å². The van der Waals surface area contributed by atoms with Crippen LogP contribution in [0.1, 0.15) is 42.1 Å². The monoisotopic (exact) mass is 342 g/mol. The average Bonchev–Trinajstić information content (AvgIpc) is 2.79. The fraction of sp³-hybridized carbons (Fsp3) is 0.375. The molecule has 8 heteroatoms. The summed E-state index contributed by atoms with van der Waals surface area (Å²) in [6.45, 7) is 5.22. The van der Waals surface area contributed by atoms with Crippen LogP contribution in [0, 0.1) is 6.92 Å². The number of rotatable bonds is 3. The van der Waals surface area contributed by atoms with E-state index in [1.807, 2.05) is 13.8 Å². The van der Waals surface area contributed by atoms with E-state index in [1.165, 1.54) is 12.1 Å². The quantitative estimate of drug-likeness (QED) is 0.926. The number of halogens is 3. The number of nitrogens with zero attached hydrogens (tertiary/aromatic N) is 1. The first-order valence-electron chi connectivity index (χ1n) is 7.28.